The molecular weight excluding hydrogens is 202 g/mol. The van der Waals surface area contributed by atoms with Crippen LogP contribution in [0.5, 0.6) is 0 Å². The number of aliphatic imine (C=N–C) groups is 1. The Morgan fingerprint density at radius 1 is 1.31 bits per heavy atom. The SMILES string of the molecule is CC(CN=C(N)N)COCc1ccccc1. The molecule has 1 rings (SSSR count). The zero-order valence-corrected chi connectivity index (χ0v) is 9.60. The van der Waals surface area contributed by atoms with Crippen LogP contribution in [-0.4, -0.2) is 19.1 Å². The Kier molecular flexibility index (Phi) is 5.36. The fourth-order valence-electron chi connectivity index (χ4n) is 1.27. The van der Waals surface area contributed by atoms with E-state index in [1.807, 2.05) is 30.3 Å². The molecule has 0 saturated carbocycles. The molecule has 1 aromatic rings. The van der Waals surface area contributed by atoms with Crippen LogP contribution in [0.3, 0.4) is 0 Å². The first-order valence-corrected chi connectivity index (χ1v) is 5.35. The molecule has 4 N–H and O–H groups in total. The molecule has 0 aliphatic carbocycles. The van der Waals surface area contributed by atoms with Crippen molar-refractivity contribution >= 4 is 5.96 Å². The van der Waals surface area contributed by atoms with Crippen LogP contribution in [0, 0.1) is 5.92 Å². The minimum absolute atomic E-state index is 0.134. The molecule has 16 heavy (non-hydrogen) atoms. The minimum Gasteiger partial charge on any atom is -0.376 e. The number of nitrogens with zero attached hydrogens (tertiary/aromatic N) is 1. The van der Waals surface area contributed by atoms with Crippen molar-refractivity contribution in [3.63, 3.8) is 0 Å². The topological polar surface area (TPSA) is 73.6 Å². The van der Waals surface area contributed by atoms with Crippen LogP contribution < -0.4 is 11.5 Å². The zero-order chi connectivity index (χ0) is 11.8. The van der Waals surface area contributed by atoms with Crippen LogP contribution in [0.2, 0.25) is 0 Å². The summed E-state index contributed by atoms with van der Waals surface area (Å²) in [5, 5.41) is 0. The first-order valence-electron chi connectivity index (χ1n) is 5.35. The van der Waals surface area contributed by atoms with Crippen molar-refractivity contribution in [3.8, 4) is 0 Å². The monoisotopic (exact) mass is 221 g/mol. The molecule has 0 bridgehead atoms. The molecule has 0 saturated heterocycles. The fraction of sp³-hybridized carbons (Fsp3) is 0.417. The highest BCUT2D eigenvalue weighted by Crippen LogP contribution is 2.03. The lowest BCUT2D eigenvalue weighted by Crippen LogP contribution is -2.24. The molecule has 1 aromatic carbocycles. The van der Waals surface area contributed by atoms with Gasteiger partial charge in [-0.3, -0.25) is 4.99 Å². The lowest BCUT2D eigenvalue weighted by Gasteiger charge is -2.09. The average Bonchev–Trinajstić information content (AvgIpc) is 2.28. The standard InChI is InChI=1S/C12H19N3O/c1-10(7-15-12(13)14)8-16-9-11-5-3-2-4-6-11/h2-6,10H,7-9H2,1H3,(H4,13,14,15). The van der Waals surface area contributed by atoms with Crippen molar-refractivity contribution < 1.29 is 4.74 Å². The summed E-state index contributed by atoms with van der Waals surface area (Å²) in [6.07, 6.45) is 0. The lowest BCUT2D eigenvalue weighted by atomic mass is 10.2. The third-order valence-corrected chi connectivity index (χ3v) is 2.10. The second kappa shape index (κ2) is 6.85. The second-order valence-corrected chi connectivity index (χ2v) is 3.87. The zero-order valence-electron chi connectivity index (χ0n) is 9.60. The number of ether oxygens (including phenoxy) is 1. The third kappa shape index (κ3) is 5.36. The van der Waals surface area contributed by atoms with Gasteiger partial charge < -0.3 is 16.2 Å². The van der Waals surface area contributed by atoms with Gasteiger partial charge in [-0.1, -0.05) is 37.3 Å². The molecule has 1 atom stereocenters. The largest absolute Gasteiger partial charge is 0.376 e. The van der Waals surface area contributed by atoms with E-state index in [1.54, 1.807) is 0 Å². The molecule has 0 radical (unpaired) electrons. The van der Waals surface area contributed by atoms with Crippen molar-refractivity contribution in [2.24, 2.45) is 22.4 Å². The van der Waals surface area contributed by atoms with Gasteiger partial charge in [-0.25, -0.2) is 0 Å². The van der Waals surface area contributed by atoms with Gasteiger partial charge in [-0.15, -0.1) is 0 Å². The number of hydrogen-bond donors (Lipinski definition) is 2. The van der Waals surface area contributed by atoms with E-state index in [9.17, 15) is 0 Å². The molecule has 0 aromatic heterocycles. The Morgan fingerprint density at radius 3 is 2.62 bits per heavy atom. The van der Waals surface area contributed by atoms with E-state index < -0.39 is 0 Å². The normalized spacial score (nSPS) is 12.1. The summed E-state index contributed by atoms with van der Waals surface area (Å²) in [5.41, 5.74) is 11.7. The third-order valence-electron chi connectivity index (χ3n) is 2.10. The number of guanidine groups is 1. The van der Waals surface area contributed by atoms with Crippen LogP contribution in [0.25, 0.3) is 0 Å². The summed E-state index contributed by atoms with van der Waals surface area (Å²) < 4.78 is 5.56. The van der Waals surface area contributed by atoms with Crippen LogP contribution >= 0.6 is 0 Å². The maximum Gasteiger partial charge on any atom is 0.185 e. The van der Waals surface area contributed by atoms with E-state index in [0.717, 1.165) is 0 Å². The van der Waals surface area contributed by atoms with Crippen molar-refractivity contribution in [3.05, 3.63) is 35.9 Å². The summed E-state index contributed by atoms with van der Waals surface area (Å²) in [7, 11) is 0. The van der Waals surface area contributed by atoms with E-state index in [0.29, 0.717) is 25.7 Å². The van der Waals surface area contributed by atoms with E-state index >= 15 is 0 Å². The highest BCUT2D eigenvalue weighted by Gasteiger charge is 2.01. The van der Waals surface area contributed by atoms with E-state index in [1.165, 1.54) is 5.56 Å². The summed E-state index contributed by atoms with van der Waals surface area (Å²) in [5.74, 6) is 0.459. The first kappa shape index (κ1) is 12.5. The first-order chi connectivity index (χ1) is 7.68. The molecular formula is C12H19N3O. The van der Waals surface area contributed by atoms with Gasteiger partial charge in [0.1, 0.15) is 0 Å². The van der Waals surface area contributed by atoms with E-state index in [-0.39, 0.29) is 5.96 Å². The van der Waals surface area contributed by atoms with Gasteiger partial charge in [0, 0.05) is 6.54 Å². The van der Waals surface area contributed by atoms with Crippen molar-refractivity contribution in [2.75, 3.05) is 13.2 Å². The maximum absolute atomic E-state index is 5.56. The Labute approximate surface area is 96.3 Å². The number of hydrogen-bond acceptors (Lipinski definition) is 2. The van der Waals surface area contributed by atoms with Crippen LogP contribution in [-0.2, 0) is 11.3 Å². The number of benzene rings is 1. The molecule has 0 aliphatic rings. The molecule has 0 spiro atoms. The molecule has 0 heterocycles. The molecule has 0 aliphatic heterocycles. The summed E-state index contributed by atoms with van der Waals surface area (Å²) in [6.45, 7) is 3.95. The van der Waals surface area contributed by atoms with Gasteiger partial charge in [0.15, 0.2) is 5.96 Å². The van der Waals surface area contributed by atoms with Crippen LogP contribution in [0.15, 0.2) is 35.3 Å². The quantitative estimate of drug-likeness (QED) is 0.558. The Hall–Kier alpha value is -1.55. The predicted octanol–water partition coefficient (Wildman–Crippen LogP) is 1.11. The van der Waals surface area contributed by atoms with Gasteiger partial charge in [0.05, 0.1) is 13.2 Å². The van der Waals surface area contributed by atoms with E-state index in [2.05, 4.69) is 11.9 Å². The highest BCUT2D eigenvalue weighted by atomic mass is 16.5. The van der Waals surface area contributed by atoms with Gasteiger partial charge in [-0.2, -0.15) is 0 Å². The second-order valence-electron chi connectivity index (χ2n) is 3.87. The molecule has 1 unspecified atom stereocenters. The van der Waals surface area contributed by atoms with E-state index in [4.69, 9.17) is 16.2 Å². The molecule has 4 nitrogen and oxygen atoms in total. The minimum atomic E-state index is 0.134. The van der Waals surface area contributed by atoms with Gasteiger partial charge >= 0.3 is 0 Å². The number of rotatable bonds is 6. The molecule has 0 amide bonds. The van der Waals surface area contributed by atoms with Gasteiger partial charge in [0.25, 0.3) is 0 Å². The average molecular weight is 221 g/mol. The molecule has 88 valence electrons. The highest BCUT2D eigenvalue weighted by molar-refractivity contribution is 5.75. The predicted molar refractivity (Wildman–Crippen MR) is 65.9 cm³/mol. The summed E-state index contributed by atoms with van der Waals surface area (Å²) in [4.78, 5) is 3.94. The molecule has 0 fully saturated rings. The molecule has 4 heteroatoms. The fourth-order valence-corrected chi connectivity index (χ4v) is 1.27. The van der Waals surface area contributed by atoms with Gasteiger partial charge in [0.2, 0.25) is 0 Å². The Balaban J connectivity index is 2.18. The summed E-state index contributed by atoms with van der Waals surface area (Å²) in [6, 6.07) is 10.1. The van der Waals surface area contributed by atoms with Crippen LogP contribution in [0.1, 0.15) is 12.5 Å². The number of nitrogens with two attached hydrogens (primary N) is 2. The van der Waals surface area contributed by atoms with Crippen LogP contribution in [0.4, 0.5) is 0 Å². The smallest absolute Gasteiger partial charge is 0.185 e. The Bertz CT molecular complexity index is 320. The van der Waals surface area contributed by atoms with Crippen molar-refractivity contribution in [2.45, 2.75) is 13.5 Å². The van der Waals surface area contributed by atoms with Gasteiger partial charge in [-0.05, 0) is 11.5 Å². The van der Waals surface area contributed by atoms with Crippen molar-refractivity contribution in [1.82, 2.24) is 0 Å². The Morgan fingerprint density at radius 2 is 2.00 bits per heavy atom. The maximum atomic E-state index is 5.56. The van der Waals surface area contributed by atoms with Crippen molar-refractivity contribution in [1.29, 1.82) is 0 Å². The lowest BCUT2D eigenvalue weighted by molar-refractivity contribution is 0.0945. The summed E-state index contributed by atoms with van der Waals surface area (Å²) >= 11 is 0.